The van der Waals surface area contributed by atoms with E-state index in [-0.39, 0.29) is 35.9 Å². The molecule has 0 aliphatic rings. The monoisotopic (exact) mass is 464 g/mol. The lowest BCUT2D eigenvalue weighted by atomic mass is 10.2. The number of halogens is 1. The number of guanidine groups is 1. The lowest BCUT2D eigenvalue weighted by molar-refractivity contribution is -0.121. The molecule has 142 valence electrons. The van der Waals surface area contributed by atoms with Crippen LogP contribution in [0.1, 0.15) is 25.8 Å². The third-order valence-electron chi connectivity index (χ3n) is 3.26. The molecule has 0 saturated carbocycles. The van der Waals surface area contributed by atoms with E-state index in [4.69, 9.17) is 9.47 Å². The summed E-state index contributed by atoms with van der Waals surface area (Å²) in [6.45, 7) is 4.94. The molecule has 0 heterocycles. The van der Waals surface area contributed by atoms with Crippen LogP contribution in [0, 0.1) is 0 Å². The molecule has 1 rings (SSSR count). The van der Waals surface area contributed by atoms with Gasteiger partial charge in [-0.05, 0) is 26.0 Å². The van der Waals surface area contributed by atoms with Crippen LogP contribution >= 0.6 is 24.0 Å². The van der Waals surface area contributed by atoms with E-state index >= 15 is 0 Å². The summed E-state index contributed by atoms with van der Waals surface area (Å²) < 4.78 is 10.6. The summed E-state index contributed by atoms with van der Waals surface area (Å²) in [5.41, 5.74) is 0.985. The van der Waals surface area contributed by atoms with Crippen molar-refractivity contribution < 1.29 is 14.3 Å². The summed E-state index contributed by atoms with van der Waals surface area (Å²) in [5, 5.41) is 9.17. The number of hydrogen-bond donors (Lipinski definition) is 3. The maximum atomic E-state index is 11.6. The van der Waals surface area contributed by atoms with Crippen LogP contribution in [0.2, 0.25) is 0 Å². The Morgan fingerprint density at radius 2 is 1.92 bits per heavy atom. The van der Waals surface area contributed by atoms with E-state index in [9.17, 15) is 4.79 Å². The van der Waals surface area contributed by atoms with Crippen molar-refractivity contribution in [1.82, 2.24) is 16.0 Å². The highest BCUT2D eigenvalue weighted by atomic mass is 127. The Hall–Kier alpha value is -1.71. The molecular weight excluding hydrogens is 435 g/mol. The third-order valence-corrected chi connectivity index (χ3v) is 3.26. The minimum absolute atomic E-state index is 0. The summed E-state index contributed by atoms with van der Waals surface area (Å²) in [6, 6.07) is 5.81. The van der Waals surface area contributed by atoms with Crippen LogP contribution in [0.4, 0.5) is 0 Å². The Balaban J connectivity index is 0.00000576. The van der Waals surface area contributed by atoms with Gasteiger partial charge in [-0.25, -0.2) is 0 Å². The van der Waals surface area contributed by atoms with E-state index in [2.05, 4.69) is 20.9 Å². The van der Waals surface area contributed by atoms with Gasteiger partial charge in [-0.2, -0.15) is 0 Å². The molecule has 1 aromatic carbocycles. The van der Waals surface area contributed by atoms with Gasteiger partial charge in [0.15, 0.2) is 5.96 Å². The molecule has 0 aromatic heterocycles. The second-order valence-electron chi connectivity index (χ2n) is 5.50. The quantitative estimate of drug-likeness (QED) is 0.311. The van der Waals surface area contributed by atoms with Gasteiger partial charge in [0.1, 0.15) is 11.5 Å². The zero-order chi connectivity index (χ0) is 17.9. The number of hydrogen-bond acceptors (Lipinski definition) is 4. The average Bonchev–Trinajstić information content (AvgIpc) is 2.57. The summed E-state index contributed by atoms with van der Waals surface area (Å²) in [6.07, 6.45) is 0.394. The molecular formula is C17H29IN4O3. The molecule has 7 nitrogen and oxygen atoms in total. The first-order chi connectivity index (χ1) is 11.5. The van der Waals surface area contributed by atoms with Crippen molar-refractivity contribution in [3.8, 4) is 11.5 Å². The van der Waals surface area contributed by atoms with Crippen molar-refractivity contribution in [3.05, 3.63) is 23.8 Å². The zero-order valence-electron chi connectivity index (χ0n) is 15.5. The molecule has 0 aliphatic heterocycles. The van der Waals surface area contributed by atoms with Crippen LogP contribution < -0.4 is 25.4 Å². The molecule has 1 aromatic rings. The topological polar surface area (TPSA) is 84.0 Å². The Morgan fingerprint density at radius 1 is 1.20 bits per heavy atom. The fourth-order valence-corrected chi connectivity index (χ4v) is 2.09. The van der Waals surface area contributed by atoms with E-state index in [0.29, 0.717) is 25.5 Å². The average molecular weight is 464 g/mol. The second kappa shape index (κ2) is 12.6. The molecule has 0 aliphatic carbocycles. The summed E-state index contributed by atoms with van der Waals surface area (Å²) in [7, 11) is 4.93. The number of nitrogens with one attached hydrogen (secondary N) is 3. The number of ether oxygens (including phenoxy) is 2. The summed E-state index contributed by atoms with van der Waals surface area (Å²) in [4.78, 5) is 15.8. The highest BCUT2D eigenvalue weighted by Crippen LogP contribution is 2.24. The number of carbonyl (C=O) groups excluding carboxylic acids is 1. The SMILES string of the molecule is CN=C(NCCC(=O)NC(C)C)NCc1ccc(OC)cc1OC.I. The lowest BCUT2D eigenvalue weighted by Gasteiger charge is -2.14. The van der Waals surface area contributed by atoms with E-state index in [1.165, 1.54) is 0 Å². The van der Waals surface area contributed by atoms with Crippen LogP contribution in [-0.4, -0.2) is 45.7 Å². The molecule has 0 atom stereocenters. The normalized spacial score (nSPS) is 10.7. The number of methoxy groups -OCH3 is 2. The third kappa shape index (κ3) is 8.80. The summed E-state index contributed by atoms with van der Waals surface area (Å²) >= 11 is 0. The van der Waals surface area contributed by atoms with Gasteiger partial charge < -0.3 is 25.4 Å². The first kappa shape index (κ1) is 23.3. The van der Waals surface area contributed by atoms with E-state index in [1.807, 2.05) is 32.0 Å². The van der Waals surface area contributed by atoms with Crippen molar-refractivity contribution in [2.24, 2.45) is 4.99 Å². The smallest absolute Gasteiger partial charge is 0.221 e. The van der Waals surface area contributed by atoms with Crippen LogP contribution in [0.3, 0.4) is 0 Å². The highest BCUT2D eigenvalue weighted by molar-refractivity contribution is 14.0. The number of nitrogens with zero attached hydrogens (tertiary/aromatic N) is 1. The Kier molecular flexibility index (Phi) is 11.8. The van der Waals surface area contributed by atoms with E-state index in [0.717, 1.165) is 17.1 Å². The predicted octanol–water partition coefficient (Wildman–Crippen LogP) is 1.90. The van der Waals surface area contributed by atoms with Gasteiger partial charge in [0.05, 0.1) is 14.2 Å². The Morgan fingerprint density at radius 3 is 2.48 bits per heavy atom. The number of carbonyl (C=O) groups is 1. The predicted molar refractivity (Wildman–Crippen MR) is 111 cm³/mol. The van der Waals surface area contributed by atoms with Gasteiger partial charge in [-0.3, -0.25) is 9.79 Å². The van der Waals surface area contributed by atoms with Crippen LogP contribution in [0.25, 0.3) is 0 Å². The summed E-state index contributed by atoms with van der Waals surface area (Å²) in [5.74, 6) is 2.14. The molecule has 0 fully saturated rings. The minimum atomic E-state index is 0. The lowest BCUT2D eigenvalue weighted by Crippen LogP contribution is -2.39. The van der Waals surface area contributed by atoms with Crippen molar-refractivity contribution in [1.29, 1.82) is 0 Å². The molecule has 0 bridgehead atoms. The van der Waals surface area contributed by atoms with Gasteiger partial charge in [0, 0.05) is 44.2 Å². The standard InChI is InChI=1S/C17H28N4O3.HI/c1-12(2)21-16(22)8-9-19-17(18-3)20-11-13-6-7-14(23-4)10-15(13)24-5;/h6-7,10,12H,8-9,11H2,1-5H3,(H,21,22)(H2,18,19,20);1H. The zero-order valence-corrected chi connectivity index (χ0v) is 17.8. The van der Waals surface area contributed by atoms with Gasteiger partial charge in [-0.15, -0.1) is 24.0 Å². The van der Waals surface area contributed by atoms with Crippen molar-refractivity contribution in [3.63, 3.8) is 0 Å². The Labute approximate surface area is 167 Å². The van der Waals surface area contributed by atoms with Crippen molar-refractivity contribution >= 4 is 35.8 Å². The fourth-order valence-electron chi connectivity index (χ4n) is 2.09. The first-order valence-electron chi connectivity index (χ1n) is 7.95. The molecule has 8 heteroatoms. The van der Waals surface area contributed by atoms with Crippen LogP contribution in [0.15, 0.2) is 23.2 Å². The van der Waals surface area contributed by atoms with Crippen molar-refractivity contribution in [2.75, 3.05) is 27.8 Å². The number of amides is 1. The Bertz CT molecular complexity index is 565. The first-order valence-corrected chi connectivity index (χ1v) is 7.95. The molecule has 0 unspecified atom stereocenters. The second-order valence-corrected chi connectivity index (χ2v) is 5.50. The maximum Gasteiger partial charge on any atom is 0.221 e. The fraction of sp³-hybridized carbons (Fsp3) is 0.529. The molecule has 0 radical (unpaired) electrons. The van der Waals surface area contributed by atoms with Crippen LogP contribution in [-0.2, 0) is 11.3 Å². The van der Waals surface area contributed by atoms with E-state index in [1.54, 1.807) is 21.3 Å². The maximum absolute atomic E-state index is 11.6. The van der Waals surface area contributed by atoms with E-state index < -0.39 is 0 Å². The highest BCUT2D eigenvalue weighted by Gasteiger charge is 2.07. The van der Waals surface area contributed by atoms with Crippen LogP contribution in [0.5, 0.6) is 11.5 Å². The molecule has 1 amide bonds. The number of aliphatic imine (C=N–C) groups is 1. The number of benzene rings is 1. The van der Waals surface area contributed by atoms with Gasteiger partial charge in [0.25, 0.3) is 0 Å². The molecule has 3 N–H and O–H groups in total. The van der Waals surface area contributed by atoms with Crippen molar-refractivity contribution in [2.45, 2.75) is 32.9 Å². The van der Waals surface area contributed by atoms with Gasteiger partial charge >= 0.3 is 0 Å². The minimum Gasteiger partial charge on any atom is -0.497 e. The number of rotatable bonds is 8. The van der Waals surface area contributed by atoms with Gasteiger partial charge in [0.2, 0.25) is 5.91 Å². The molecule has 0 saturated heterocycles. The van der Waals surface area contributed by atoms with Gasteiger partial charge in [-0.1, -0.05) is 0 Å². The largest absolute Gasteiger partial charge is 0.497 e. The molecule has 0 spiro atoms. The molecule has 25 heavy (non-hydrogen) atoms.